The number of piperazine rings is 1. The van der Waals surface area contributed by atoms with E-state index in [-0.39, 0.29) is 5.78 Å². The summed E-state index contributed by atoms with van der Waals surface area (Å²) in [5, 5.41) is 0. The van der Waals surface area contributed by atoms with Crippen LogP contribution in [0.15, 0.2) is 22.7 Å². The van der Waals surface area contributed by atoms with Gasteiger partial charge in [0.25, 0.3) is 0 Å². The molecule has 2 aliphatic heterocycles. The maximum absolute atomic E-state index is 11.5. The van der Waals surface area contributed by atoms with E-state index in [9.17, 15) is 4.79 Å². The van der Waals surface area contributed by atoms with E-state index in [0.717, 1.165) is 35.7 Å². The van der Waals surface area contributed by atoms with Gasteiger partial charge in [0.05, 0.1) is 0 Å². The Balaban J connectivity index is 1.79. The fourth-order valence-electron chi connectivity index (χ4n) is 3.21. The number of Topliss-reactive ketones (excluding diaryl/α,β-unsaturated/α-hetero) is 1. The van der Waals surface area contributed by atoms with Crippen LogP contribution in [0, 0.1) is 0 Å². The van der Waals surface area contributed by atoms with E-state index in [4.69, 9.17) is 0 Å². The van der Waals surface area contributed by atoms with Gasteiger partial charge in [-0.1, -0.05) is 0 Å². The van der Waals surface area contributed by atoms with E-state index in [1.807, 2.05) is 6.07 Å². The highest BCUT2D eigenvalue weighted by Crippen LogP contribution is 2.28. The third-order valence-electron chi connectivity index (χ3n) is 4.28. The second kappa shape index (κ2) is 5.25. The molecule has 0 bridgehead atoms. The van der Waals surface area contributed by atoms with Crippen molar-refractivity contribution in [3.63, 3.8) is 0 Å². The summed E-state index contributed by atoms with van der Waals surface area (Å²) < 4.78 is 0.909. The first-order valence-electron chi connectivity index (χ1n) is 6.94. The largest absolute Gasteiger partial charge is 0.369 e. The van der Waals surface area contributed by atoms with Crippen LogP contribution < -0.4 is 4.90 Å². The number of hydrogen-bond acceptors (Lipinski definition) is 3. The van der Waals surface area contributed by atoms with Crippen molar-refractivity contribution in [2.24, 2.45) is 0 Å². The van der Waals surface area contributed by atoms with E-state index >= 15 is 0 Å². The molecule has 0 amide bonds. The zero-order valence-electron chi connectivity index (χ0n) is 11.2. The second-order valence-electron chi connectivity index (χ2n) is 5.50. The Labute approximate surface area is 122 Å². The Hall–Kier alpha value is -0.870. The van der Waals surface area contributed by atoms with Crippen LogP contribution in [0.25, 0.3) is 0 Å². The molecule has 1 aromatic carbocycles. The Morgan fingerprint density at radius 2 is 2.16 bits per heavy atom. The van der Waals surface area contributed by atoms with E-state index < -0.39 is 0 Å². The van der Waals surface area contributed by atoms with Gasteiger partial charge in [0.15, 0.2) is 5.78 Å². The fraction of sp³-hybridized carbons (Fsp3) is 0.533. The van der Waals surface area contributed by atoms with Gasteiger partial charge in [-0.3, -0.25) is 9.69 Å². The maximum Gasteiger partial charge on any atom is 0.160 e. The first-order valence-corrected chi connectivity index (χ1v) is 7.74. The summed E-state index contributed by atoms with van der Waals surface area (Å²) in [5.74, 6) is 0.110. The molecule has 19 heavy (non-hydrogen) atoms. The molecule has 0 spiro atoms. The van der Waals surface area contributed by atoms with E-state index in [1.165, 1.54) is 25.1 Å². The van der Waals surface area contributed by atoms with Crippen LogP contribution in [0.3, 0.4) is 0 Å². The van der Waals surface area contributed by atoms with Crippen LogP contribution in [-0.4, -0.2) is 42.9 Å². The van der Waals surface area contributed by atoms with Gasteiger partial charge in [-0.25, -0.2) is 0 Å². The smallest absolute Gasteiger partial charge is 0.160 e. The van der Waals surface area contributed by atoms with Crippen LogP contribution in [0.4, 0.5) is 5.69 Å². The molecule has 102 valence electrons. The van der Waals surface area contributed by atoms with Crippen molar-refractivity contribution in [1.29, 1.82) is 0 Å². The number of carbonyl (C=O) groups excluding carboxylic acids is 1. The summed E-state index contributed by atoms with van der Waals surface area (Å²) in [7, 11) is 0. The normalized spacial score (nSPS) is 23.5. The molecule has 1 aromatic rings. The molecule has 0 N–H and O–H groups in total. The summed E-state index contributed by atoms with van der Waals surface area (Å²) in [6.07, 6.45) is 2.66. The van der Waals surface area contributed by atoms with Gasteiger partial charge in [-0.15, -0.1) is 0 Å². The zero-order chi connectivity index (χ0) is 13.4. The molecule has 4 heteroatoms. The number of carbonyl (C=O) groups is 1. The molecule has 2 fully saturated rings. The maximum atomic E-state index is 11.5. The number of anilines is 1. The van der Waals surface area contributed by atoms with E-state index in [1.54, 1.807) is 6.92 Å². The van der Waals surface area contributed by atoms with Crippen LogP contribution in [0.2, 0.25) is 0 Å². The van der Waals surface area contributed by atoms with Gasteiger partial charge in [0.1, 0.15) is 0 Å². The molecule has 1 unspecified atom stereocenters. The van der Waals surface area contributed by atoms with Crippen molar-refractivity contribution in [2.75, 3.05) is 31.1 Å². The summed E-state index contributed by atoms with van der Waals surface area (Å²) in [6, 6.07) is 6.82. The van der Waals surface area contributed by atoms with Crippen LogP contribution in [-0.2, 0) is 0 Å². The number of hydrogen-bond donors (Lipinski definition) is 0. The fourth-order valence-corrected chi connectivity index (χ4v) is 3.86. The van der Waals surface area contributed by atoms with Crippen LogP contribution in [0.1, 0.15) is 30.1 Å². The van der Waals surface area contributed by atoms with E-state index in [2.05, 4.69) is 37.9 Å². The molecule has 1 atom stereocenters. The number of rotatable bonds is 2. The monoisotopic (exact) mass is 322 g/mol. The number of nitrogens with zero attached hydrogens (tertiary/aromatic N) is 2. The van der Waals surface area contributed by atoms with E-state index in [0.29, 0.717) is 0 Å². The lowest BCUT2D eigenvalue weighted by atomic mass is 10.1. The highest BCUT2D eigenvalue weighted by atomic mass is 79.9. The molecule has 2 heterocycles. The van der Waals surface area contributed by atoms with Crippen molar-refractivity contribution < 1.29 is 4.79 Å². The molecular weight excluding hydrogens is 304 g/mol. The van der Waals surface area contributed by atoms with Gasteiger partial charge >= 0.3 is 0 Å². The van der Waals surface area contributed by atoms with Gasteiger partial charge in [-0.05, 0) is 60.4 Å². The zero-order valence-corrected chi connectivity index (χ0v) is 12.8. The molecule has 3 rings (SSSR count). The van der Waals surface area contributed by atoms with Gasteiger partial charge in [-0.2, -0.15) is 0 Å². The van der Waals surface area contributed by atoms with Gasteiger partial charge in [0, 0.05) is 41.4 Å². The molecule has 2 saturated heterocycles. The Bertz CT molecular complexity index is 503. The van der Waals surface area contributed by atoms with Crippen LogP contribution >= 0.6 is 15.9 Å². The molecule has 2 aliphatic rings. The van der Waals surface area contributed by atoms with Crippen LogP contribution in [0.5, 0.6) is 0 Å². The Morgan fingerprint density at radius 1 is 1.32 bits per heavy atom. The molecule has 0 aliphatic carbocycles. The topological polar surface area (TPSA) is 23.6 Å². The number of benzene rings is 1. The van der Waals surface area contributed by atoms with Crippen molar-refractivity contribution >= 4 is 27.4 Å². The molecule has 3 nitrogen and oxygen atoms in total. The molecule has 0 aromatic heterocycles. The summed E-state index contributed by atoms with van der Waals surface area (Å²) in [4.78, 5) is 16.5. The first-order chi connectivity index (χ1) is 9.15. The highest BCUT2D eigenvalue weighted by Gasteiger charge is 2.30. The van der Waals surface area contributed by atoms with Crippen molar-refractivity contribution in [3.8, 4) is 0 Å². The lowest BCUT2D eigenvalue weighted by Gasteiger charge is -2.39. The summed E-state index contributed by atoms with van der Waals surface area (Å²) in [5.41, 5.74) is 1.99. The summed E-state index contributed by atoms with van der Waals surface area (Å²) >= 11 is 3.51. The van der Waals surface area contributed by atoms with Crippen molar-refractivity contribution in [2.45, 2.75) is 25.8 Å². The van der Waals surface area contributed by atoms with Gasteiger partial charge < -0.3 is 4.90 Å². The third kappa shape index (κ3) is 2.56. The Kier molecular flexibility index (Phi) is 3.63. The average molecular weight is 323 g/mol. The first kappa shape index (κ1) is 13.1. The molecule has 0 saturated carbocycles. The predicted molar refractivity (Wildman–Crippen MR) is 81.0 cm³/mol. The molecule has 0 radical (unpaired) electrons. The Morgan fingerprint density at radius 3 is 2.89 bits per heavy atom. The summed E-state index contributed by atoms with van der Waals surface area (Å²) in [6.45, 7) is 6.24. The second-order valence-corrected chi connectivity index (χ2v) is 6.35. The quantitative estimate of drug-likeness (QED) is 0.782. The van der Waals surface area contributed by atoms with Crippen molar-refractivity contribution in [1.82, 2.24) is 4.90 Å². The highest BCUT2D eigenvalue weighted by molar-refractivity contribution is 9.10. The lowest BCUT2D eigenvalue weighted by Crippen LogP contribution is -2.50. The standard InChI is InChI=1S/C15H19BrN2O/c1-11(19)14-5-4-12(9-15(14)16)18-8-7-17-6-2-3-13(17)10-18/h4-5,9,13H,2-3,6-8,10H2,1H3. The third-order valence-corrected chi connectivity index (χ3v) is 4.94. The number of ketones is 1. The number of fused-ring (bicyclic) bond motifs is 1. The van der Waals surface area contributed by atoms with Gasteiger partial charge in [0.2, 0.25) is 0 Å². The lowest BCUT2D eigenvalue weighted by molar-refractivity contribution is 0.101. The molecular formula is C15H19BrN2O. The predicted octanol–water partition coefficient (Wildman–Crippen LogP) is 2.94. The minimum Gasteiger partial charge on any atom is -0.369 e. The average Bonchev–Trinajstić information content (AvgIpc) is 2.85. The minimum atomic E-state index is 0.110. The minimum absolute atomic E-state index is 0.110. The number of halogens is 1. The van der Waals surface area contributed by atoms with Crippen molar-refractivity contribution in [3.05, 3.63) is 28.2 Å². The SMILES string of the molecule is CC(=O)c1ccc(N2CCN3CCCC3C2)cc1Br.